The summed E-state index contributed by atoms with van der Waals surface area (Å²) in [6.07, 6.45) is 5.73. The Kier molecular flexibility index (Phi) is 4.69. The molecule has 3 atom stereocenters. The van der Waals surface area contributed by atoms with E-state index in [1.54, 1.807) is 39.9 Å². The van der Waals surface area contributed by atoms with E-state index in [-0.39, 0.29) is 29.8 Å². The van der Waals surface area contributed by atoms with Crippen LogP contribution < -0.4 is 11.1 Å². The lowest BCUT2D eigenvalue weighted by molar-refractivity contribution is -0.141. The Morgan fingerprint density at radius 2 is 2.16 bits per heavy atom. The van der Waals surface area contributed by atoms with E-state index < -0.39 is 6.04 Å². The molecule has 2 fully saturated rings. The summed E-state index contributed by atoms with van der Waals surface area (Å²) in [5, 5.41) is 3.58. The smallest absolute Gasteiger partial charge is 0.248 e. The van der Waals surface area contributed by atoms with Crippen molar-refractivity contribution in [1.29, 1.82) is 0 Å². The molecule has 1 saturated carbocycles. The molecular weight excluding hydrogens is 462 g/mol. The van der Waals surface area contributed by atoms with Gasteiger partial charge in [0, 0.05) is 12.2 Å². The highest BCUT2D eigenvalue weighted by Gasteiger charge is 2.58. The summed E-state index contributed by atoms with van der Waals surface area (Å²) in [5.74, 6) is 0.520. The number of hydrogen-bond acceptors (Lipinski definition) is 6. The van der Waals surface area contributed by atoms with E-state index in [0.717, 1.165) is 12.8 Å². The normalized spacial score (nSPS) is 24.6. The van der Waals surface area contributed by atoms with Crippen LogP contribution >= 0.6 is 15.9 Å². The van der Waals surface area contributed by atoms with Crippen molar-refractivity contribution in [2.24, 2.45) is 5.41 Å². The Labute approximate surface area is 187 Å². The van der Waals surface area contributed by atoms with Gasteiger partial charge in [-0.3, -0.25) is 9.59 Å². The minimum atomic E-state index is -0.535. The van der Waals surface area contributed by atoms with Gasteiger partial charge in [0.2, 0.25) is 11.8 Å². The Bertz CT molecular complexity index is 1200. The van der Waals surface area contributed by atoms with E-state index in [0.29, 0.717) is 33.7 Å². The molecule has 1 aliphatic carbocycles. The minimum absolute atomic E-state index is 0.0340. The highest BCUT2D eigenvalue weighted by atomic mass is 79.9. The molecule has 31 heavy (non-hydrogen) atoms. The number of aromatic nitrogens is 4. The number of nitrogens with one attached hydrogen (secondary N) is 1. The van der Waals surface area contributed by atoms with E-state index in [1.807, 2.05) is 0 Å². The second-order valence-corrected chi connectivity index (χ2v) is 9.32. The van der Waals surface area contributed by atoms with E-state index in [4.69, 9.17) is 5.73 Å². The van der Waals surface area contributed by atoms with Gasteiger partial charge >= 0.3 is 0 Å². The number of anilines is 2. The molecule has 1 saturated heterocycles. The molecule has 10 heteroatoms. The molecule has 3 aromatic rings. The molecular formula is C21H22BrN7O2. The zero-order valence-electron chi connectivity index (χ0n) is 17.0. The van der Waals surface area contributed by atoms with E-state index >= 15 is 0 Å². The number of pyridine rings is 1. The number of halogens is 1. The first-order valence-electron chi connectivity index (χ1n) is 10.2. The second kappa shape index (κ2) is 7.30. The minimum Gasteiger partial charge on any atom is -0.383 e. The molecule has 2 aliphatic rings. The number of carbonyl (C=O) groups excluding carboxylic acids is 2. The van der Waals surface area contributed by atoms with E-state index in [9.17, 15) is 9.59 Å². The summed E-state index contributed by atoms with van der Waals surface area (Å²) in [6, 6.07) is 6.66. The third-order valence-electron chi connectivity index (χ3n) is 6.57. The number of nitrogens with zero attached hydrogens (tertiary/aromatic N) is 5. The molecule has 3 aromatic heterocycles. The predicted octanol–water partition coefficient (Wildman–Crippen LogP) is 2.58. The molecule has 160 valence electrons. The van der Waals surface area contributed by atoms with Gasteiger partial charge in [-0.25, -0.2) is 15.0 Å². The number of rotatable bonds is 4. The second-order valence-electron chi connectivity index (χ2n) is 8.50. The number of likely N-dealkylation sites (tertiary alicyclic amines) is 1. The third kappa shape index (κ3) is 3.34. The first-order chi connectivity index (χ1) is 14.9. The Hall–Kier alpha value is -3.01. The number of nitrogens with two attached hydrogens (primary N) is 1. The number of carbonyl (C=O) groups is 2. The maximum absolute atomic E-state index is 13.4. The number of nitrogen functional groups attached to an aromatic ring is 1. The lowest BCUT2D eigenvalue weighted by atomic mass is 9.66. The van der Waals surface area contributed by atoms with Crippen LogP contribution in [0.2, 0.25) is 0 Å². The molecule has 2 amide bonds. The quantitative estimate of drug-likeness (QED) is 0.550. The van der Waals surface area contributed by atoms with Crippen LogP contribution in [0, 0.1) is 5.41 Å². The van der Waals surface area contributed by atoms with Crippen LogP contribution in [-0.4, -0.2) is 48.3 Å². The Morgan fingerprint density at radius 3 is 2.90 bits per heavy atom. The number of amides is 2. The predicted molar refractivity (Wildman–Crippen MR) is 119 cm³/mol. The van der Waals surface area contributed by atoms with Gasteiger partial charge in [0.15, 0.2) is 0 Å². The summed E-state index contributed by atoms with van der Waals surface area (Å²) in [4.78, 5) is 40.9. The molecule has 0 unspecified atom stereocenters. The zero-order valence-corrected chi connectivity index (χ0v) is 18.5. The van der Waals surface area contributed by atoms with Crippen molar-refractivity contribution in [3.05, 3.63) is 41.4 Å². The standard InChI is InChI=1S/C21H22BrN7O2/c1-21-7-5-14(21)29(13(9-21)20(31)27-16-4-2-3-15(22)26-16)17(30)10-28-8-6-12-18(23)24-11-25-19(12)28/h2-4,6,8,11,13-14H,5,7,9-10H2,1H3,(H2,23,24,25)(H,26,27,31)/t13-,14+,21+/m0/s1. The lowest BCUT2D eigenvalue weighted by Gasteiger charge is -2.44. The van der Waals surface area contributed by atoms with Gasteiger partial charge in [-0.15, -0.1) is 0 Å². The van der Waals surface area contributed by atoms with Crippen molar-refractivity contribution in [2.45, 2.75) is 44.8 Å². The van der Waals surface area contributed by atoms with Crippen LogP contribution in [0.5, 0.6) is 0 Å². The molecule has 9 nitrogen and oxygen atoms in total. The summed E-state index contributed by atoms with van der Waals surface area (Å²) in [6.45, 7) is 2.25. The summed E-state index contributed by atoms with van der Waals surface area (Å²) in [5.41, 5.74) is 6.49. The van der Waals surface area contributed by atoms with E-state index in [2.05, 4.69) is 43.1 Å². The average molecular weight is 484 g/mol. The van der Waals surface area contributed by atoms with Gasteiger partial charge in [0.1, 0.15) is 40.8 Å². The molecule has 0 bridgehead atoms. The van der Waals surface area contributed by atoms with Gasteiger partial charge in [0.25, 0.3) is 0 Å². The number of hydrogen-bond donors (Lipinski definition) is 2. The first kappa shape index (κ1) is 19.9. The van der Waals surface area contributed by atoms with Gasteiger partial charge in [-0.2, -0.15) is 0 Å². The van der Waals surface area contributed by atoms with Crippen LogP contribution in [0.15, 0.2) is 41.4 Å². The lowest BCUT2D eigenvalue weighted by Crippen LogP contribution is -2.52. The third-order valence-corrected chi connectivity index (χ3v) is 7.02. The van der Waals surface area contributed by atoms with Crippen LogP contribution in [0.3, 0.4) is 0 Å². The topological polar surface area (TPSA) is 119 Å². The first-order valence-corrected chi connectivity index (χ1v) is 10.9. The van der Waals surface area contributed by atoms with Crippen molar-refractivity contribution in [2.75, 3.05) is 11.1 Å². The fourth-order valence-electron chi connectivity index (χ4n) is 4.87. The molecule has 4 heterocycles. The molecule has 0 spiro atoms. The van der Waals surface area contributed by atoms with Crippen LogP contribution in [0.4, 0.5) is 11.6 Å². The molecule has 0 aromatic carbocycles. The monoisotopic (exact) mass is 483 g/mol. The fourth-order valence-corrected chi connectivity index (χ4v) is 5.21. The molecule has 0 radical (unpaired) electrons. The van der Waals surface area contributed by atoms with Crippen LogP contribution in [0.25, 0.3) is 11.0 Å². The maximum atomic E-state index is 13.4. The maximum Gasteiger partial charge on any atom is 0.248 e. The van der Waals surface area contributed by atoms with Gasteiger partial charge < -0.3 is 20.5 Å². The van der Waals surface area contributed by atoms with E-state index in [1.165, 1.54) is 6.33 Å². The largest absolute Gasteiger partial charge is 0.383 e. The van der Waals surface area contributed by atoms with Crippen LogP contribution in [0.1, 0.15) is 26.2 Å². The van der Waals surface area contributed by atoms with Crippen molar-refractivity contribution in [3.63, 3.8) is 0 Å². The average Bonchev–Trinajstić information content (AvgIpc) is 3.21. The molecule has 3 N–H and O–H groups in total. The van der Waals surface area contributed by atoms with Crippen molar-refractivity contribution >= 4 is 50.4 Å². The summed E-state index contributed by atoms with van der Waals surface area (Å²) < 4.78 is 2.40. The molecule has 5 rings (SSSR count). The van der Waals surface area contributed by atoms with Crippen molar-refractivity contribution in [1.82, 2.24) is 24.4 Å². The SMILES string of the molecule is C[C@]12CC[C@H]1N(C(=O)Cn1ccc3c(N)ncnc31)[C@H](C(=O)Nc1cccc(Br)n1)C2. The summed E-state index contributed by atoms with van der Waals surface area (Å²) in [7, 11) is 0. The summed E-state index contributed by atoms with van der Waals surface area (Å²) >= 11 is 3.32. The van der Waals surface area contributed by atoms with Gasteiger partial charge in [0.05, 0.1) is 5.39 Å². The van der Waals surface area contributed by atoms with Gasteiger partial charge in [-0.05, 0) is 58.8 Å². The fraction of sp³-hybridized carbons (Fsp3) is 0.381. The number of fused-ring (bicyclic) bond motifs is 2. The molecule has 1 aliphatic heterocycles. The zero-order chi connectivity index (χ0) is 21.8. The van der Waals surface area contributed by atoms with Crippen LogP contribution in [-0.2, 0) is 16.1 Å². The van der Waals surface area contributed by atoms with Crippen molar-refractivity contribution < 1.29 is 9.59 Å². The Morgan fingerprint density at radius 1 is 1.32 bits per heavy atom. The highest BCUT2D eigenvalue weighted by Crippen LogP contribution is 2.54. The Balaban J connectivity index is 1.40. The van der Waals surface area contributed by atoms with Gasteiger partial charge in [-0.1, -0.05) is 13.0 Å². The van der Waals surface area contributed by atoms with Crippen molar-refractivity contribution in [3.8, 4) is 0 Å². The highest BCUT2D eigenvalue weighted by molar-refractivity contribution is 9.10.